The molecule has 92 valence electrons. The maximum absolute atomic E-state index is 3.63. The molecule has 0 saturated carbocycles. The van der Waals surface area contributed by atoms with E-state index in [1.807, 2.05) is 0 Å². The van der Waals surface area contributed by atoms with Crippen LogP contribution in [0.2, 0.25) is 0 Å². The van der Waals surface area contributed by atoms with Crippen LogP contribution in [0.25, 0.3) is 0 Å². The largest absolute Gasteiger partial charge is 0.312 e. The summed E-state index contributed by atoms with van der Waals surface area (Å²) in [5.41, 5.74) is 0. The van der Waals surface area contributed by atoms with Crippen LogP contribution in [0.15, 0.2) is 0 Å². The van der Waals surface area contributed by atoms with Crippen molar-refractivity contribution < 1.29 is 0 Å². The van der Waals surface area contributed by atoms with E-state index in [1.54, 1.807) is 0 Å². The van der Waals surface area contributed by atoms with Gasteiger partial charge in [-0.2, -0.15) is 0 Å². The Morgan fingerprint density at radius 1 is 0.867 bits per heavy atom. The van der Waals surface area contributed by atoms with E-state index in [-0.39, 0.29) is 5.29 Å². The van der Waals surface area contributed by atoms with Gasteiger partial charge in [0.15, 0.2) is 0 Å². The van der Waals surface area contributed by atoms with Crippen molar-refractivity contribution >= 4 is 10.2 Å². The first kappa shape index (κ1) is 15.1. The van der Waals surface area contributed by atoms with Crippen molar-refractivity contribution in [2.24, 2.45) is 0 Å². The fourth-order valence-electron chi connectivity index (χ4n) is 1.83. The van der Waals surface area contributed by atoms with Gasteiger partial charge in [0.05, 0.1) is 5.29 Å². The summed E-state index contributed by atoms with van der Waals surface area (Å²) in [6.45, 7) is 14.2. The van der Waals surface area contributed by atoms with E-state index in [1.165, 1.54) is 0 Å². The van der Waals surface area contributed by atoms with Gasteiger partial charge in [0.25, 0.3) is 0 Å². The van der Waals surface area contributed by atoms with E-state index < -0.39 is 0 Å². The monoisotopic (exact) mass is 231 g/mol. The summed E-state index contributed by atoms with van der Waals surface area (Å²) in [6.07, 6.45) is 0. The van der Waals surface area contributed by atoms with Gasteiger partial charge in [-0.1, -0.05) is 13.8 Å². The lowest BCUT2D eigenvalue weighted by Gasteiger charge is -2.37. The zero-order valence-corrected chi connectivity index (χ0v) is 13.4. The predicted octanol–water partition coefficient (Wildman–Crippen LogP) is -0.000400. The molecule has 0 saturated heterocycles. The van der Waals surface area contributed by atoms with Gasteiger partial charge in [0.1, 0.15) is 0 Å². The summed E-state index contributed by atoms with van der Waals surface area (Å²) < 4.78 is 0. The molecule has 15 heavy (non-hydrogen) atoms. The lowest BCUT2D eigenvalue weighted by molar-refractivity contribution is 0.299. The quantitative estimate of drug-likeness (QED) is 0.426. The third-order valence-corrected chi connectivity index (χ3v) is 3.01. The fraction of sp³-hybridized carbons (Fsp3) is 1.00. The second-order valence-electron chi connectivity index (χ2n) is 5.47. The zero-order chi connectivity index (χ0) is 12.1. The van der Waals surface area contributed by atoms with Crippen LogP contribution in [0.1, 0.15) is 41.5 Å². The highest BCUT2D eigenvalue weighted by molar-refractivity contribution is 6.15. The lowest BCUT2D eigenvalue weighted by atomic mass is 10.3. The number of rotatable bonds is 7. The van der Waals surface area contributed by atoms with Crippen LogP contribution < -0.4 is 16.0 Å². The first-order valence-corrected chi connectivity index (χ1v) is 7.04. The summed E-state index contributed by atoms with van der Waals surface area (Å²) in [6, 6.07) is 1.58. The van der Waals surface area contributed by atoms with Gasteiger partial charge in [-0.25, -0.2) is 0 Å². The molecular weight excluding hydrogens is 202 g/mol. The Labute approximate surface area is 98.2 Å². The molecule has 0 spiro atoms. The first-order chi connectivity index (χ1) is 6.75. The minimum atomic E-state index is 0.104. The molecule has 0 heterocycles. The maximum Gasteiger partial charge on any atom is 0.0600 e. The highest BCUT2D eigenvalue weighted by Crippen LogP contribution is 1.98. The summed E-state index contributed by atoms with van der Waals surface area (Å²) in [7, 11) is 1.08. The zero-order valence-electron chi connectivity index (χ0n) is 11.4. The molecule has 0 aromatic heterocycles. The molecule has 3 N–H and O–H groups in total. The molecule has 0 aromatic carbocycles. The molecule has 0 aliphatic rings. The van der Waals surface area contributed by atoms with Gasteiger partial charge in [-0.05, 0) is 27.7 Å². The number of hydrogen-bond acceptors (Lipinski definition) is 3. The third-order valence-electron chi connectivity index (χ3n) is 2.08. The SMILES string of the molecule is CC(C)NCC([SiH3])(NC(C)C)NC(C)C. The molecule has 0 aromatic rings. The molecule has 0 radical (unpaired) electrons. The van der Waals surface area contributed by atoms with Crippen molar-refractivity contribution in [1.82, 2.24) is 16.0 Å². The second kappa shape index (κ2) is 6.63. The van der Waals surface area contributed by atoms with E-state index in [0.29, 0.717) is 18.1 Å². The number of nitrogens with one attached hydrogen (secondary N) is 3. The fourth-order valence-corrected chi connectivity index (χ4v) is 3.19. The molecule has 3 nitrogen and oxygen atoms in total. The smallest absolute Gasteiger partial charge is 0.0600 e. The maximum atomic E-state index is 3.63. The minimum Gasteiger partial charge on any atom is -0.312 e. The second-order valence-corrected chi connectivity index (χ2v) is 7.17. The third kappa shape index (κ3) is 7.96. The normalized spacial score (nSPS) is 13.4. The highest BCUT2D eigenvalue weighted by atomic mass is 28.1. The van der Waals surface area contributed by atoms with E-state index in [9.17, 15) is 0 Å². The summed E-state index contributed by atoms with van der Waals surface area (Å²) in [5, 5.41) is 10.9. The van der Waals surface area contributed by atoms with Crippen LogP contribution in [0.3, 0.4) is 0 Å². The Kier molecular flexibility index (Phi) is 6.67. The van der Waals surface area contributed by atoms with Gasteiger partial charge in [0.2, 0.25) is 0 Å². The van der Waals surface area contributed by atoms with Gasteiger partial charge in [-0.15, -0.1) is 0 Å². The molecule has 0 aliphatic carbocycles. The summed E-state index contributed by atoms with van der Waals surface area (Å²) in [4.78, 5) is 0. The summed E-state index contributed by atoms with van der Waals surface area (Å²) in [5.74, 6) is 0. The minimum absolute atomic E-state index is 0.104. The highest BCUT2D eigenvalue weighted by Gasteiger charge is 2.24. The van der Waals surface area contributed by atoms with Crippen molar-refractivity contribution in [2.45, 2.75) is 65.0 Å². The molecular formula is C11H29N3Si. The Hall–Kier alpha value is 0.0969. The van der Waals surface area contributed by atoms with Crippen LogP contribution >= 0.6 is 0 Å². The predicted molar refractivity (Wildman–Crippen MR) is 72.4 cm³/mol. The molecule has 0 amide bonds. The first-order valence-electron chi connectivity index (χ1n) is 6.04. The van der Waals surface area contributed by atoms with E-state index in [2.05, 4.69) is 57.5 Å². The topological polar surface area (TPSA) is 36.1 Å². The molecule has 0 rings (SSSR count). The van der Waals surface area contributed by atoms with Crippen molar-refractivity contribution in [3.63, 3.8) is 0 Å². The van der Waals surface area contributed by atoms with Gasteiger partial charge in [-0.3, -0.25) is 10.6 Å². The van der Waals surface area contributed by atoms with E-state index >= 15 is 0 Å². The van der Waals surface area contributed by atoms with Gasteiger partial charge >= 0.3 is 0 Å². The van der Waals surface area contributed by atoms with Gasteiger partial charge < -0.3 is 5.32 Å². The average molecular weight is 231 g/mol. The molecule has 4 heteroatoms. The Morgan fingerprint density at radius 2 is 1.27 bits per heavy atom. The lowest BCUT2D eigenvalue weighted by Crippen LogP contribution is -2.66. The average Bonchev–Trinajstić information content (AvgIpc) is 1.97. The van der Waals surface area contributed by atoms with E-state index in [4.69, 9.17) is 0 Å². The molecule has 0 bridgehead atoms. The van der Waals surface area contributed by atoms with Crippen LogP contribution in [0.4, 0.5) is 0 Å². The van der Waals surface area contributed by atoms with Crippen molar-refractivity contribution in [2.75, 3.05) is 6.54 Å². The van der Waals surface area contributed by atoms with Gasteiger partial charge in [0, 0.05) is 34.9 Å². The number of hydrogen-bond donors (Lipinski definition) is 3. The Bertz CT molecular complexity index is 159. The van der Waals surface area contributed by atoms with Crippen LogP contribution in [0, 0.1) is 0 Å². The van der Waals surface area contributed by atoms with E-state index in [0.717, 1.165) is 16.8 Å². The van der Waals surface area contributed by atoms with Crippen LogP contribution in [-0.2, 0) is 0 Å². The van der Waals surface area contributed by atoms with Crippen molar-refractivity contribution in [1.29, 1.82) is 0 Å². The Balaban J connectivity index is 4.26. The molecule has 0 unspecified atom stereocenters. The van der Waals surface area contributed by atoms with Crippen molar-refractivity contribution in [3.05, 3.63) is 0 Å². The Morgan fingerprint density at radius 3 is 1.53 bits per heavy atom. The standard InChI is InChI=1S/C11H29N3Si/c1-8(2)12-7-11(15,13-9(3)4)14-10(5)6/h8-10,12-14H,7H2,1-6,15H3. The molecule has 0 fully saturated rings. The summed E-state index contributed by atoms with van der Waals surface area (Å²) >= 11 is 0. The van der Waals surface area contributed by atoms with Crippen LogP contribution in [0.5, 0.6) is 0 Å². The molecule has 0 aliphatic heterocycles. The van der Waals surface area contributed by atoms with Crippen LogP contribution in [-0.4, -0.2) is 40.2 Å². The molecule has 0 atom stereocenters. The van der Waals surface area contributed by atoms with Crippen molar-refractivity contribution in [3.8, 4) is 0 Å².